The molecule has 2 aliphatic rings. The molecule has 35 heavy (non-hydrogen) atoms. The van der Waals surface area contributed by atoms with Crippen molar-refractivity contribution in [2.75, 3.05) is 0 Å². The average Bonchev–Trinajstić information content (AvgIpc) is 2.99. The van der Waals surface area contributed by atoms with Gasteiger partial charge in [-0.1, -0.05) is 95.2 Å². The van der Waals surface area contributed by atoms with Crippen molar-refractivity contribution < 1.29 is 8.85 Å². The first kappa shape index (κ1) is 31.1. The highest BCUT2D eigenvalue weighted by atomic mass is 28.4. The molecule has 2 nitrogen and oxygen atoms in total. The van der Waals surface area contributed by atoms with Crippen molar-refractivity contribution in [1.29, 1.82) is 0 Å². The van der Waals surface area contributed by atoms with Crippen LogP contribution in [0.5, 0.6) is 0 Å². The van der Waals surface area contributed by atoms with Crippen LogP contribution in [0.1, 0.15) is 109 Å². The van der Waals surface area contributed by atoms with Crippen LogP contribution in [-0.2, 0) is 8.85 Å². The first-order chi connectivity index (χ1) is 15.8. The molecule has 1 fully saturated rings. The highest BCUT2D eigenvalue weighted by molar-refractivity contribution is 6.77. The Hall–Kier alpha value is -0.166. The molecule has 0 heterocycles. The molecule has 0 unspecified atom stereocenters. The molecule has 0 aromatic rings. The monoisotopic (exact) mass is 520 g/mol. The Bertz CT molecular complexity index is 754. The van der Waals surface area contributed by atoms with Crippen molar-refractivity contribution in [3.05, 3.63) is 24.3 Å². The molecule has 0 aromatic heterocycles. The summed E-state index contributed by atoms with van der Waals surface area (Å²) in [7, 11) is -3.90. The van der Waals surface area contributed by atoms with Crippen LogP contribution in [0.25, 0.3) is 0 Å². The number of hydrogen-bond donors (Lipinski definition) is 0. The minimum atomic E-state index is -1.98. The SMILES string of the molecule is C=CC[C@@H](C)[C@]1(C)CC=C2[C@@H](O[Si](C(C)C)(C(C)C)C(C)C)CC[C@H](O[Si](C)(C)C(C)(C)C)[C@]21C. The molecule has 0 radical (unpaired) electrons. The van der Waals surface area contributed by atoms with Gasteiger partial charge >= 0.3 is 0 Å². The standard InChI is InChI=1S/C31H60O2Si2/c1-16-17-25(8)30(12)21-20-26-27(32-35(22(2)3,23(4)5)24(6)7)18-19-28(31(26,30)13)33-34(14,15)29(9,10)11/h16,20,22-25,27-28H,1,17-19,21H2,2-15H3/t25-,27+,28+,30+,31+/m1/s1. The highest BCUT2D eigenvalue weighted by Crippen LogP contribution is 2.65. The van der Waals surface area contributed by atoms with E-state index in [0.29, 0.717) is 22.5 Å². The van der Waals surface area contributed by atoms with E-state index in [1.165, 1.54) is 0 Å². The molecule has 204 valence electrons. The largest absolute Gasteiger partial charge is 0.413 e. The maximum atomic E-state index is 7.53. The van der Waals surface area contributed by atoms with Gasteiger partial charge in [0.1, 0.15) is 0 Å². The van der Waals surface area contributed by atoms with Crippen molar-refractivity contribution in [2.45, 2.75) is 156 Å². The van der Waals surface area contributed by atoms with Crippen molar-refractivity contribution in [3.63, 3.8) is 0 Å². The summed E-state index contributed by atoms with van der Waals surface area (Å²) in [5, 5.41) is 0.206. The summed E-state index contributed by atoms with van der Waals surface area (Å²) >= 11 is 0. The molecule has 0 aliphatic heterocycles. The van der Waals surface area contributed by atoms with Gasteiger partial charge in [0.25, 0.3) is 0 Å². The van der Waals surface area contributed by atoms with Gasteiger partial charge in [0.05, 0.1) is 12.2 Å². The fraction of sp³-hybridized carbons (Fsp3) is 0.871. The number of fused-ring (bicyclic) bond motifs is 1. The van der Waals surface area contributed by atoms with Gasteiger partial charge in [-0.05, 0) is 77.3 Å². The molecule has 0 N–H and O–H groups in total. The molecule has 1 saturated carbocycles. The van der Waals surface area contributed by atoms with Crippen molar-refractivity contribution in [3.8, 4) is 0 Å². The summed E-state index contributed by atoms with van der Waals surface area (Å²) in [6.45, 7) is 38.1. The quantitative estimate of drug-likeness (QED) is 0.211. The molecule has 0 aromatic carbocycles. The van der Waals surface area contributed by atoms with E-state index in [9.17, 15) is 0 Å². The Labute approximate surface area is 222 Å². The first-order valence-corrected chi connectivity index (χ1v) is 19.5. The summed E-state index contributed by atoms with van der Waals surface area (Å²) in [5.74, 6) is 0.547. The van der Waals surface area contributed by atoms with Gasteiger partial charge in [-0.2, -0.15) is 0 Å². The van der Waals surface area contributed by atoms with E-state index in [2.05, 4.69) is 115 Å². The van der Waals surface area contributed by atoms with Crippen LogP contribution >= 0.6 is 0 Å². The molecule has 5 atom stereocenters. The van der Waals surface area contributed by atoms with Crippen LogP contribution in [0.3, 0.4) is 0 Å². The zero-order valence-corrected chi connectivity index (χ0v) is 28.0. The topological polar surface area (TPSA) is 18.5 Å². The summed E-state index contributed by atoms with van der Waals surface area (Å²) in [5.41, 5.74) is 3.49. The van der Waals surface area contributed by atoms with Gasteiger partial charge in [0.2, 0.25) is 8.32 Å². The molecule has 0 amide bonds. The minimum absolute atomic E-state index is 0.0149. The maximum absolute atomic E-state index is 7.53. The lowest BCUT2D eigenvalue weighted by atomic mass is 9.53. The lowest BCUT2D eigenvalue weighted by Gasteiger charge is -2.58. The minimum Gasteiger partial charge on any atom is -0.413 e. The molecule has 0 saturated heterocycles. The Morgan fingerprint density at radius 2 is 1.49 bits per heavy atom. The van der Waals surface area contributed by atoms with Crippen LogP contribution in [0, 0.1) is 16.7 Å². The third kappa shape index (κ3) is 5.12. The molecule has 2 aliphatic carbocycles. The zero-order valence-electron chi connectivity index (χ0n) is 26.0. The van der Waals surface area contributed by atoms with Gasteiger partial charge in [0.15, 0.2) is 8.32 Å². The first-order valence-electron chi connectivity index (χ1n) is 14.5. The van der Waals surface area contributed by atoms with Crippen molar-refractivity contribution >= 4 is 16.6 Å². The highest BCUT2D eigenvalue weighted by Gasteiger charge is 2.62. The molecular formula is C31H60O2Si2. The third-order valence-electron chi connectivity index (χ3n) is 11.1. The average molecular weight is 521 g/mol. The van der Waals surface area contributed by atoms with E-state index in [-0.39, 0.29) is 28.1 Å². The van der Waals surface area contributed by atoms with E-state index in [0.717, 1.165) is 25.7 Å². The second kappa shape index (κ2) is 10.5. The smallest absolute Gasteiger partial charge is 0.201 e. The third-order valence-corrected chi connectivity index (χ3v) is 21.7. The van der Waals surface area contributed by atoms with E-state index >= 15 is 0 Å². The van der Waals surface area contributed by atoms with Crippen LogP contribution in [0.4, 0.5) is 0 Å². The Kier molecular flexibility index (Phi) is 9.35. The summed E-state index contributed by atoms with van der Waals surface area (Å²) in [4.78, 5) is 0. The van der Waals surface area contributed by atoms with Crippen LogP contribution in [0.15, 0.2) is 24.3 Å². The normalized spacial score (nSPS) is 31.2. The number of rotatable bonds is 10. The van der Waals surface area contributed by atoms with Crippen LogP contribution in [-0.4, -0.2) is 28.8 Å². The fourth-order valence-corrected chi connectivity index (χ4v) is 14.5. The Morgan fingerprint density at radius 3 is 1.91 bits per heavy atom. The van der Waals surface area contributed by atoms with Gasteiger partial charge in [-0.3, -0.25) is 0 Å². The predicted molar refractivity (Wildman–Crippen MR) is 160 cm³/mol. The van der Waals surface area contributed by atoms with E-state index in [1.54, 1.807) is 5.57 Å². The number of allylic oxidation sites excluding steroid dienone is 2. The molecule has 4 heteroatoms. The van der Waals surface area contributed by atoms with Crippen molar-refractivity contribution in [2.24, 2.45) is 16.7 Å². The number of hydrogen-bond acceptors (Lipinski definition) is 2. The van der Waals surface area contributed by atoms with E-state index in [4.69, 9.17) is 8.85 Å². The summed E-state index contributed by atoms with van der Waals surface area (Å²) in [6.07, 6.45) is 9.54. The maximum Gasteiger partial charge on any atom is 0.201 e. The Balaban J connectivity index is 2.59. The van der Waals surface area contributed by atoms with E-state index < -0.39 is 16.6 Å². The molecule has 0 spiro atoms. The van der Waals surface area contributed by atoms with Gasteiger partial charge < -0.3 is 8.85 Å². The van der Waals surface area contributed by atoms with Crippen molar-refractivity contribution in [1.82, 2.24) is 0 Å². The zero-order chi connectivity index (χ0) is 27.2. The van der Waals surface area contributed by atoms with Crippen LogP contribution in [0.2, 0.25) is 34.8 Å². The Morgan fingerprint density at radius 1 is 0.971 bits per heavy atom. The molecular weight excluding hydrogens is 461 g/mol. The van der Waals surface area contributed by atoms with Gasteiger partial charge in [0, 0.05) is 5.41 Å². The lowest BCUT2D eigenvalue weighted by Crippen LogP contribution is -2.59. The van der Waals surface area contributed by atoms with Crippen LogP contribution < -0.4 is 0 Å². The predicted octanol–water partition coefficient (Wildman–Crippen LogP) is 10.3. The van der Waals surface area contributed by atoms with Gasteiger partial charge in [-0.15, -0.1) is 6.58 Å². The second-order valence-corrected chi connectivity index (χ2v) is 24.9. The molecule has 2 rings (SSSR count). The second-order valence-electron chi connectivity index (χ2n) is 14.8. The summed E-state index contributed by atoms with van der Waals surface area (Å²) < 4.78 is 14.9. The van der Waals surface area contributed by atoms with Gasteiger partial charge in [-0.25, -0.2) is 0 Å². The lowest BCUT2D eigenvalue weighted by molar-refractivity contribution is -0.0732. The summed E-state index contributed by atoms with van der Waals surface area (Å²) in [6, 6.07) is 0. The van der Waals surface area contributed by atoms with E-state index in [1.807, 2.05) is 0 Å². The molecule has 0 bridgehead atoms. The fourth-order valence-electron chi connectivity index (χ4n) is 7.55.